The third-order valence-electron chi connectivity index (χ3n) is 13.6. The van der Waals surface area contributed by atoms with Crippen LogP contribution in [0.4, 0.5) is 0 Å². The van der Waals surface area contributed by atoms with Crippen molar-refractivity contribution in [2.75, 3.05) is 13.2 Å². The minimum Gasteiger partial charge on any atom is -0.462 e. The van der Waals surface area contributed by atoms with Gasteiger partial charge in [-0.2, -0.15) is 0 Å². The van der Waals surface area contributed by atoms with Crippen LogP contribution in [0.25, 0.3) is 0 Å². The molecule has 0 rings (SSSR count). The Kier molecular flexibility index (Phi) is 56.2. The lowest BCUT2D eigenvalue weighted by Crippen LogP contribution is -2.30. The molecule has 0 saturated heterocycles. The highest BCUT2D eigenvalue weighted by Crippen LogP contribution is 2.17. The van der Waals surface area contributed by atoms with Gasteiger partial charge in [0, 0.05) is 19.3 Å². The maximum Gasteiger partial charge on any atom is 0.306 e. The van der Waals surface area contributed by atoms with Gasteiger partial charge in [0.15, 0.2) is 6.10 Å². The molecule has 0 aliphatic rings. The monoisotopic (exact) mass is 969 g/mol. The summed E-state index contributed by atoms with van der Waals surface area (Å²) in [5.41, 5.74) is 0. The van der Waals surface area contributed by atoms with Gasteiger partial charge < -0.3 is 14.2 Å². The zero-order valence-electron chi connectivity index (χ0n) is 46.3. The molecule has 0 aliphatic heterocycles. The molecule has 1 atom stereocenters. The highest BCUT2D eigenvalue weighted by atomic mass is 16.6. The van der Waals surface area contributed by atoms with Crippen LogP contribution in [0.5, 0.6) is 0 Å². The number of rotatable bonds is 56. The summed E-state index contributed by atoms with van der Waals surface area (Å²) in [6, 6.07) is 0. The molecule has 0 N–H and O–H groups in total. The predicted octanol–water partition coefficient (Wildman–Crippen LogP) is 20.4. The minimum absolute atomic E-state index is 0.0711. The zero-order chi connectivity index (χ0) is 50.0. The van der Waals surface area contributed by atoms with E-state index in [1.165, 1.54) is 225 Å². The van der Waals surface area contributed by atoms with Gasteiger partial charge in [0.25, 0.3) is 0 Å². The molecule has 0 heterocycles. The van der Waals surface area contributed by atoms with Gasteiger partial charge in [0.05, 0.1) is 0 Å². The first kappa shape index (κ1) is 66.6. The van der Waals surface area contributed by atoms with Crippen molar-refractivity contribution in [1.82, 2.24) is 0 Å². The molecular formula is C63H116O6. The van der Waals surface area contributed by atoms with Crippen LogP contribution in [0.1, 0.15) is 329 Å². The van der Waals surface area contributed by atoms with E-state index in [0.717, 1.165) is 64.2 Å². The van der Waals surface area contributed by atoms with E-state index in [4.69, 9.17) is 14.2 Å². The zero-order valence-corrected chi connectivity index (χ0v) is 46.3. The third kappa shape index (κ3) is 56.4. The molecule has 0 aromatic heterocycles. The van der Waals surface area contributed by atoms with E-state index in [1.807, 2.05) is 0 Å². The maximum absolute atomic E-state index is 12.9. The van der Waals surface area contributed by atoms with Gasteiger partial charge in [-0.25, -0.2) is 0 Å². The number of allylic oxidation sites excluding steroid dienone is 6. The Morgan fingerprint density at radius 3 is 0.841 bits per heavy atom. The fraction of sp³-hybridized carbons (Fsp3) is 0.857. The number of hydrogen-bond acceptors (Lipinski definition) is 6. The van der Waals surface area contributed by atoms with Crippen molar-refractivity contribution < 1.29 is 28.6 Å². The second-order valence-electron chi connectivity index (χ2n) is 20.6. The molecule has 69 heavy (non-hydrogen) atoms. The lowest BCUT2D eigenvalue weighted by atomic mass is 10.0. The van der Waals surface area contributed by atoms with Crippen LogP contribution in [-0.2, 0) is 28.6 Å². The molecule has 0 aliphatic carbocycles. The molecule has 0 fully saturated rings. The number of esters is 3. The molecule has 0 spiro atoms. The average Bonchev–Trinajstić information content (AvgIpc) is 3.35. The standard InChI is InChI=1S/C63H116O6/c1-4-7-10-13-16-19-22-25-28-30-31-33-36-39-42-45-48-51-54-57-63(66)69-60(58-67-61(64)55-52-49-46-43-40-37-34-27-24-21-18-15-12-9-6-3)59-68-62(65)56-53-50-47-44-41-38-35-32-29-26-23-20-17-14-11-8-5-2/h16,19,25-26,28-29,60H,4-15,17-18,20-24,27,30-59H2,1-3H3/b19-16-,28-25-,29-26-/t60-/m0/s1. The van der Waals surface area contributed by atoms with Crippen molar-refractivity contribution in [3.8, 4) is 0 Å². The van der Waals surface area contributed by atoms with E-state index in [0.29, 0.717) is 19.3 Å². The van der Waals surface area contributed by atoms with Gasteiger partial charge in [-0.05, 0) is 77.0 Å². The Bertz CT molecular complexity index is 1160. The van der Waals surface area contributed by atoms with E-state index < -0.39 is 6.10 Å². The van der Waals surface area contributed by atoms with E-state index in [-0.39, 0.29) is 31.1 Å². The van der Waals surface area contributed by atoms with Crippen molar-refractivity contribution in [3.05, 3.63) is 36.5 Å². The molecule has 6 heteroatoms. The van der Waals surface area contributed by atoms with E-state index in [9.17, 15) is 14.4 Å². The average molecular weight is 970 g/mol. The first-order valence-electron chi connectivity index (χ1n) is 30.5. The first-order valence-corrected chi connectivity index (χ1v) is 30.5. The molecule has 0 radical (unpaired) electrons. The Labute approximate surface area is 429 Å². The summed E-state index contributed by atoms with van der Waals surface area (Å²) < 4.78 is 16.9. The van der Waals surface area contributed by atoms with Gasteiger partial charge in [-0.3, -0.25) is 14.4 Å². The summed E-state index contributed by atoms with van der Waals surface area (Å²) in [5, 5.41) is 0. The van der Waals surface area contributed by atoms with Crippen molar-refractivity contribution >= 4 is 17.9 Å². The molecule has 6 nitrogen and oxygen atoms in total. The Balaban J connectivity index is 4.35. The van der Waals surface area contributed by atoms with Crippen LogP contribution in [0, 0.1) is 0 Å². The van der Waals surface area contributed by atoms with Crippen LogP contribution in [0.15, 0.2) is 36.5 Å². The number of unbranched alkanes of at least 4 members (excludes halogenated alkanes) is 39. The molecule has 0 saturated carbocycles. The minimum atomic E-state index is -0.774. The SMILES string of the molecule is CCCCC/C=C\C/C=C\CCCCCCCCCCCC(=O)O[C@H](COC(=O)CCCCCCCCC/C=C\CCCCCCCC)COC(=O)CCCCCCCCCCCCCCCCC. The van der Waals surface area contributed by atoms with Crippen LogP contribution in [-0.4, -0.2) is 37.2 Å². The van der Waals surface area contributed by atoms with Gasteiger partial charge in [-0.1, -0.05) is 269 Å². The molecule has 0 aromatic carbocycles. The fourth-order valence-electron chi connectivity index (χ4n) is 9.00. The van der Waals surface area contributed by atoms with Crippen LogP contribution in [0.3, 0.4) is 0 Å². The summed E-state index contributed by atoms with van der Waals surface area (Å²) in [6.45, 7) is 6.66. The van der Waals surface area contributed by atoms with Crippen LogP contribution >= 0.6 is 0 Å². The Morgan fingerprint density at radius 1 is 0.290 bits per heavy atom. The fourth-order valence-corrected chi connectivity index (χ4v) is 9.00. The smallest absolute Gasteiger partial charge is 0.306 e. The Hall–Kier alpha value is -2.37. The van der Waals surface area contributed by atoms with E-state index in [1.54, 1.807) is 0 Å². The highest BCUT2D eigenvalue weighted by Gasteiger charge is 2.19. The first-order chi connectivity index (χ1) is 34.0. The van der Waals surface area contributed by atoms with Crippen molar-refractivity contribution in [2.24, 2.45) is 0 Å². The summed E-state index contributed by atoms with van der Waals surface area (Å²) in [5.74, 6) is -0.859. The molecule has 0 unspecified atom stereocenters. The summed E-state index contributed by atoms with van der Waals surface area (Å²) >= 11 is 0. The summed E-state index contributed by atoms with van der Waals surface area (Å²) in [7, 11) is 0. The molecule has 404 valence electrons. The van der Waals surface area contributed by atoms with Crippen molar-refractivity contribution in [1.29, 1.82) is 0 Å². The van der Waals surface area contributed by atoms with E-state index >= 15 is 0 Å². The van der Waals surface area contributed by atoms with Crippen LogP contribution in [0.2, 0.25) is 0 Å². The van der Waals surface area contributed by atoms with Crippen LogP contribution < -0.4 is 0 Å². The molecule has 0 aromatic rings. The van der Waals surface area contributed by atoms with E-state index in [2.05, 4.69) is 57.2 Å². The predicted molar refractivity (Wildman–Crippen MR) is 298 cm³/mol. The molecule has 0 bridgehead atoms. The molecule has 0 amide bonds. The summed E-state index contributed by atoms with van der Waals surface area (Å²) in [4.78, 5) is 38.2. The second kappa shape index (κ2) is 58.2. The van der Waals surface area contributed by atoms with Gasteiger partial charge in [0.2, 0.25) is 0 Å². The quantitative estimate of drug-likeness (QED) is 0.0261. The Morgan fingerprint density at radius 2 is 0.522 bits per heavy atom. The van der Waals surface area contributed by atoms with Gasteiger partial charge >= 0.3 is 17.9 Å². The highest BCUT2D eigenvalue weighted by molar-refractivity contribution is 5.71. The maximum atomic E-state index is 12.9. The number of carbonyl (C=O) groups is 3. The lowest BCUT2D eigenvalue weighted by Gasteiger charge is -2.18. The number of carbonyl (C=O) groups excluding carboxylic acids is 3. The van der Waals surface area contributed by atoms with Gasteiger partial charge in [-0.15, -0.1) is 0 Å². The largest absolute Gasteiger partial charge is 0.462 e. The normalized spacial score (nSPS) is 12.2. The molecular weight excluding hydrogens is 853 g/mol. The summed E-state index contributed by atoms with van der Waals surface area (Å²) in [6.07, 6.45) is 69.9. The number of hydrogen-bond donors (Lipinski definition) is 0. The van der Waals surface area contributed by atoms with Crippen molar-refractivity contribution in [3.63, 3.8) is 0 Å². The number of ether oxygens (including phenoxy) is 3. The van der Waals surface area contributed by atoms with Crippen molar-refractivity contribution in [2.45, 2.75) is 335 Å². The second-order valence-corrected chi connectivity index (χ2v) is 20.6. The lowest BCUT2D eigenvalue weighted by molar-refractivity contribution is -0.167. The topological polar surface area (TPSA) is 78.9 Å². The van der Waals surface area contributed by atoms with Gasteiger partial charge in [0.1, 0.15) is 13.2 Å². The third-order valence-corrected chi connectivity index (χ3v) is 13.6.